The van der Waals surface area contributed by atoms with Crippen LogP contribution in [-0.2, 0) is 20.9 Å². The van der Waals surface area contributed by atoms with Gasteiger partial charge < -0.3 is 34.3 Å². The molecule has 2 N–H and O–H groups in total. The largest absolute Gasteiger partial charge is 0.497 e. The minimum atomic E-state index is -0.759. The lowest BCUT2D eigenvalue weighted by Gasteiger charge is -2.14. The van der Waals surface area contributed by atoms with Gasteiger partial charge in [0.05, 0.1) is 28.4 Å². The van der Waals surface area contributed by atoms with Crippen LogP contribution in [0, 0.1) is 0 Å². The fourth-order valence-electron chi connectivity index (χ4n) is 2.66. The maximum atomic E-state index is 12.4. The van der Waals surface area contributed by atoms with Crippen LogP contribution in [0.4, 0.5) is 0 Å². The highest BCUT2D eigenvalue weighted by Gasteiger charge is 2.18. The number of hydrogen-bond acceptors (Lipinski definition) is 8. The molecule has 0 bridgehead atoms. The van der Waals surface area contributed by atoms with Crippen LogP contribution in [0.15, 0.2) is 36.4 Å². The van der Waals surface area contributed by atoms with Gasteiger partial charge in [-0.25, -0.2) is 0 Å². The van der Waals surface area contributed by atoms with Crippen molar-refractivity contribution in [1.82, 2.24) is 10.6 Å². The highest BCUT2D eigenvalue weighted by Crippen LogP contribution is 2.38. The Morgan fingerprint density at radius 2 is 1.44 bits per heavy atom. The predicted molar refractivity (Wildman–Crippen MR) is 114 cm³/mol. The van der Waals surface area contributed by atoms with Crippen molar-refractivity contribution in [2.45, 2.75) is 6.54 Å². The normalized spacial score (nSPS) is 10.0. The number of carbonyl (C=O) groups excluding carboxylic acids is 3. The molecule has 0 saturated heterocycles. The zero-order chi connectivity index (χ0) is 23.5. The number of methoxy groups -OCH3 is 4. The van der Waals surface area contributed by atoms with E-state index in [1.165, 1.54) is 33.5 Å². The van der Waals surface area contributed by atoms with Gasteiger partial charge >= 0.3 is 5.97 Å². The number of hydrogen-bond donors (Lipinski definition) is 2. The monoisotopic (exact) mass is 446 g/mol. The number of benzene rings is 2. The summed E-state index contributed by atoms with van der Waals surface area (Å²) in [6, 6.07) is 10.1. The fraction of sp³-hybridized carbons (Fsp3) is 0.318. The molecule has 2 aromatic carbocycles. The Kier molecular flexibility index (Phi) is 9.15. The summed E-state index contributed by atoms with van der Waals surface area (Å²) in [5, 5.41) is 5.06. The van der Waals surface area contributed by atoms with Gasteiger partial charge in [0.25, 0.3) is 11.8 Å². The van der Waals surface area contributed by atoms with E-state index in [-0.39, 0.29) is 12.1 Å². The Bertz CT molecular complexity index is 918. The molecule has 2 amide bonds. The summed E-state index contributed by atoms with van der Waals surface area (Å²) in [6.45, 7) is -0.603. The lowest BCUT2D eigenvalue weighted by Crippen LogP contribution is -2.33. The molecule has 0 spiro atoms. The van der Waals surface area contributed by atoms with Gasteiger partial charge in [-0.05, 0) is 29.8 Å². The van der Waals surface area contributed by atoms with E-state index in [1.54, 1.807) is 19.2 Å². The van der Waals surface area contributed by atoms with Crippen LogP contribution in [0.5, 0.6) is 23.0 Å². The van der Waals surface area contributed by atoms with Gasteiger partial charge in [0.1, 0.15) is 12.3 Å². The Morgan fingerprint density at radius 3 is 1.97 bits per heavy atom. The quantitative estimate of drug-likeness (QED) is 0.496. The number of carbonyl (C=O) groups is 3. The van der Waals surface area contributed by atoms with Crippen molar-refractivity contribution in [2.75, 3.05) is 41.6 Å². The molecular weight excluding hydrogens is 420 g/mol. The van der Waals surface area contributed by atoms with Gasteiger partial charge in [-0.15, -0.1) is 0 Å². The van der Waals surface area contributed by atoms with E-state index in [9.17, 15) is 14.4 Å². The minimum absolute atomic E-state index is 0.199. The topological polar surface area (TPSA) is 121 Å². The Morgan fingerprint density at radius 1 is 0.812 bits per heavy atom. The number of ether oxygens (including phenoxy) is 5. The molecule has 0 aliphatic carbocycles. The van der Waals surface area contributed by atoms with Crippen molar-refractivity contribution in [3.05, 3.63) is 47.5 Å². The van der Waals surface area contributed by atoms with E-state index in [0.717, 1.165) is 5.56 Å². The van der Waals surface area contributed by atoms with Gasteiger partial charge in [-0.1, -0.05) is 12.1 Å². The molecule has 0 aliphatic heterocycles. The van der Waals surface area contributed by atoms with Crippen LogP contribution in [0.2, 0.25) is 0 Å². The SMILES string of the molecule is COc1ccc(CNC(=O)COC(=O)CNC(=O)c2cc(OC)c(OC)c(OC)c2)cc1. The van der Waals surface area contributed by atoms with Crippen LogP contribution in [0.1, 0.15) is 15.9 Å². The third-order valence-electron chi connectivity index (χ3n) is 4.33. The van der Waals surface area contributed by atoms with E-state index < -0.39 is 30.9 Å². The second-order valence-corrected chi connectivity index (χ2v) is 6.38. The molecular formula is C22H26N2O8. The highest BCUT2D eigenvalue weighted by atomic mass is 16.5. The summed E-state index contributed by atoms with van der Waals surface area (Å²) >= 11 is 0. The van der Waals surface area contributed by atoms with E-state index in [1.807, 2.05) is 12.1 Å². The molecule has 0 saturated carbocycles. The molecule has 0 aromatic heterocycles. The average Bonchev–Trinajstić information content (AvgIpc) is 2.83. The first-order valence-electron chi connectivity index (χ1n) is 9.55. The standard InChI is InChI=1S/C22H26N2O8/c1-28-16-7-5-14(6-8-16)11-23-19(25)13-32-20(26)12-24-22(27)15-9-17(29-2)21(31-4)18(10-15)30-3/h5-10H,11-13H2,1-4H3,(H,23,25)(H,24,27). The van der Waals surface area contributed by atoms with E-state index in [0.29, 0.717) is 23.0 Å². The van der Waals surface area contributed by atoms with Crippen molar-refractivity contribution in [2.24, 2.45) is 0 Å². The first-order valence-corrected chi connectivity index (χ1v) is 9.55. The first kappa shape index (κ1) is 24.3. The van der Waals surface area contributed by atoms with Crippen LogP contribution >= 0.6 is 0 Å². The van der Waals surface area contributed by atoms with Crippen LogP contribution < -0.4 is 29.6 Å². The molecule has 0 fully saturated rings. The van der Waals surface area contributed by atoms with E-state index >= 15 is 0 Å². The molecule has 2 aromatic rings. The van der Waals surface area contributed by atoms with Gasteiger partial charge in [0.2, 0.25) is 5.75 Å². The second kappa shape index (κ2) is 12.0. The number of nitrogens with one attached hydrogen (secondary N) is 2. The molecule has 0 aliphatic rings. The lowest BCUT2D eigenvalue weighted by molar-refractivity contribution is -0.147. The molecule has 10 heteroatoms. The molecule has 0 atom stereocenters. The summed E-state index contributed by atoms with van der Waals surface area (Å²) < 4.78 is 25.6. The van der Waals surface area contributed by atoms with Crippen LogP contribution in [-0.4, -0.2) is 59.4 Å². The van der Waals surface area contributed by atoms with Gasteiger partial charge in [-0.3, -0.25) is 14.4 Å². The molecule has 0 heterocycles. The van der Waals surface area contributed by atoms with Crippen LogP contribution in [0.3, 0.4) is 0 Å². The Balaban J connectivity index is 1.79. The fourth-order valence-corrected chi connectivity index (χ4v) is 2.66. The Hall–Kier alpha value is -3.95. The molecule has 172 valence electrons. The summed E-state index contributed by atoms with van der Waals surface area (Å²) in [6.07, 6.45) is 0. The minimum Gasteiger partial charge on any atom is -0.497 e. The summed E-state index contributed by atoms with van der Waals surface area (Å²) in [5.74, 6) is -0.129. The van der Waals surface area contributed by atoms with E-state index in [2.05, 4.69) is 10.6 Å². The van der Waals surface area contributed by atoms with E-state index in [4.69, 9.17) is 23.7 Å². The third-order valence-corrected chi connectivity index (χ3v) is 4.33. The number of rotatable bonds is 11. The zero-order valence-corrected chi connectivity index (χ0v) is 18.4. The lowest BCUT2D eigenvalue weighted by atomic mass is 10.1. The molecule has 32 heavy (non-hydrogen) atoms. The predicted octanol–water partition coefficient (Wildman–Crippen LogP) is 1.31. The van der Waals surface area contributed by atoms with Crippen molar-refractivity contribution in [1.29, 1.82) is 0 Å². The Labute approximate surface area is 185 Å². The van der Waals surface area contributed by atoms with Gasteiger partial charge in [0, 0.05) is 12.1 Å². The summed E-state index contributed by atoms with van der Waals surface area (Å²) in [7, 11) is 5.87. The van der Waals surface area contributed by atoms with Crippen molar-refractivity contribution >= 4 is 17.8 Å². The van der Waals surface area contributed by atoms with Crippen molar-refractivity contribution < 1.29 is 38.1 Å². The smallest absolute Gasteiger partial charge is 0.325 e. The maximum absolute atomic E-state index is 12.4. The molecule has 0 unspecified atom stereocenters. The number of esters is 1. The first-order chi connectivity index (χ1) is 15.4. The van der Waals surface area contributed by atoms with Crippen LogP contribution in [0.25, 0.3) is 0 Å². The zero-order valence-electron chi connectivity index (χ0n) is 18.4. The van der Waals surface area contributed by atoms with Crippen molar-refractivity contribution in [3.8, 4) is 23.0 Å². The summed E-state index contributed by atoms with van der Waals surface area (Å²) in [4.78, 5) is 36.1. The van der Waals surface area contributed by atoms with Gasteiger partial charge in [0.15, 0.2) is 18.1 Å². The molecule has 2 rings (SSSR count). The summed E-state index contributed by atoms with van der Waals surface area (Å²) in [5.41, 5.74) is 1.06. The number of amides is 2. The third kappa shape index (κ3) is 6.79. The second-order valence-electron chi connectivity index (χ2n) is 6.38. The molecule has 0 radical (unpaired) electrons. The van der Waals surface area contributed by atoms with Gasteiger partial charge in [-0.2, -0.15) is 0 Å². The highest BCUT2D eigenvalue weighted by molar-refractivity contribution is 5.97. The van der Waals surface area contributed by atoms with Crippen molar-refractivity contribution in [3.63, 3.8) is 0 Å². The maximum Gasteiger partial charge on any atom is 0.325 e. The molecule has 10 nitrogen and oxygen atoms in total. The average molecular weight is 446 g/mol.